The normalized spacial score (nSPS) is 10.1. The summed E-state index contributed by atoms with van der Waals surface area (Å²) in [6.07, 6.45) is 1.79. The second kappa shape index (κ2) is 6.83. The fourth-order valence-corrected chi connectivity index (χ4v) is 2.06. The zero-order valence-electron chi connectivity index (χ0n) is 12.9. The highest BCUT2D eigenvalue weighted by atomic mass is 16.5. The average molecular weight is 287 g/mol. The Morgan fingerprint density at radius 1 is 1.10 bits per heavy atom. The van der Waals surface area contributed by atoms with Crippen LogP contribution in [0, 0.1) is 0 Å². The van der Waals surface area contributed by atoms with Crippen LogP contribution in [0.5, 0.6) is 11.5 Å². The molecule has 1 aromatic heterocycles. The minimum Gasteiger partial charge on any atom is -0.497 e. The van der Waals surface area contributed by atoms with E-state index in [0.29, 0.717) is 6.54 Å². The maximum absolute atomic E-state index is 5.28. The molecule has 2 aromatic rings. The number of nitrogens with zero attached hydrogens (tertiary/aromatic N) is 2. The summed E-state index contributed by atoms with van der Waals surface area (Å²) >= 11 is 0. The summed E-state index contributed by atoms with van der Waals surface area (Å²) in [5.74, 6) is 2.47. The van der Waals surface area contributed by atoms with Crippen molar-refractivity contribution in [2.75, 3.05) is 38.5 Å². The van der Waals surface area contributed by atoms with Crippen molar-refractivity contribution >= 4 is 11.5 Å². The third kappa shape index (κ3) is 3.78. The van der Waals surface area contributed by atoms with Gasteiger partial charge in [-0.05, 0) is 29.8 Å². The first kappa shape index (κ1) is 15.0. The fourth-order valence-electron chi connectivity index (χ4n) is 2.06. The summed E-state index contributed by atoms with van der Waals surface area (Å²) in [5, 5.41) is 3.40. The lowest BCUT2D eigenvalue weighted by Crippen LogP contribution is -2.13. The van der Waals surface area contributed by atoms with E-state index in [0.717, 1.165) is 28.6 Å². The van der Waals surface area contributed by atoms with Crippen molar-refractivity contribution in [3.8, 4) is 11.5 Å². The van der Waals surface area contributed by atoms with Crippen molar-refractivity contribution in [1.82, 2.24) is 4.98 Å². The fraction of sp³-hybridized carbons (Fsp3) is 0.312. The highest BCUT2D eigenvalue weighted by Gasteiger charge is 2.06. The molecule has 0 unspecified atom stereocenters. The van der Waals surface area contributed by atoms with Gasteiger partial charge in [0.1, 0.15) is 11.5 Å². The third-order valence-electron chi connectivity index (χ3n) is 3.10. The summed E-state index contributed by atoms with van der Waals surface area (Å²) in [6.45, 7) is 0.667. The number of benzene rings is 1. The van der Waals surface area contributed by atoms with E-state index in [1.54, 1.807) is 20.4 Å². The van der Waals surface area contributed by atoms with Crippen LogP contribution in [0.25, 0.3) is 0 Å². The lowest BCUT2D eigenvalue weighted by Gasteiger charge is -2.17. The molecule has 0 aliphatic carbocycles. The highest BCUT2D eigenvalue weighted by molar-refractivity contribution is 5.64. The predicted molar refractivity (Wildman–Crippen MR) is 85.4 cm³/mol. The highest BCUT2D eigenvalue weighted by Crippen LogP contribution is 2.25. The molecule has 1 aromatic carbocycles. The minimum absolute atomic E-state index is 0.667. The van der Waals surface area contributed by atoms with Gasteiger partial charge in [-0.25, -0.2) is 4.98 Å². The van der Waals surface area contributed by atoms with E-state index in [9.17, 15) is 0 Å². The van der Waals surface area contributed by atoms with Gasteiger partial charge in [-0.1, -0.05) is 0 Å². The Balaban J connectivity index is 2.16. The Labute approximate surface area is 125 Å². The zero-order valence-corrected chi connectivity index (χ0v) is 12.9. The number of methoxy groups -OCH3 is 2. The number of rotatable bonds is 6. The van der Waals surface area contributed by atoms with Crippen LogP contribution in [0.2, 0.25) is 0 Å². The number of anilines is 2. The van der Waals surface area contributed by atoms with E-state index in [2.05, 4.69) is 10.3 Å². The second-order valence-electron chi connectivity index (χ2n) is 4.84. The predicted octanol–water partition coefficient (Wildman–Crippen LogP) is 2.78. The maximum Gasteiger partial charge on any atom is 0.151 e. The van der Waals surface area contributed by atoms with Crippen LogP contribution in [-0.2, 0) is 6.54 Å². The van der Waals surface area contributed by atoms with E-state index < -0.39 is 0 Å². The Kier molecular flexibility index (Phi) is 4.87. The molecule has 2 rings (SSSR count). The molecule has 5 nitrogen and oxygen atoms in total. The molecule has 0 spiro atoms. The molecule has 0 saturated carbocycles. The van der Waals surface area contributed by atoms with E-state index in [4.69, 9.17) is 9.47 Å². The molecule has 1 heterocycles. The van der Waals surface area contributed by atoms with Crippen LogP contribution in [0.3, 0.4) is 0 Å². The van der Waals surface area contributed by atoms with Crippen molar-refractivity contribution in [2.24, 2.45) is 0 Å². The molecule has 112 valence electrons. The van der Waals surface area contributed by atoms with Gasteiger partial charge in [0.2, 0.25) is 0 Å². The molecule has 21 heavy (non-hydrogen) atoms. The van der Waals surface area contributed by atoms with Crippen LogP contribution in [0.4, 0.5) is 11.5 Å². The van der Waals surface area contributed by atoms with Crippen molar-refractivity contribution in [3.05, 3.63) is 42.1 Å². The van der Waals surface area contributed by atoms with Crippen molar-refractivity contribution < 1.29 is 9.47 Å². The Hall–Kier alpha value is -2.43. The van der Waals surface area contributed by atoms with Gasteiger partial charge < -0.3 is 19.7 Å². The quantitative estimate of drug-likeness (QED) is 0.885. The van der Waals surface area contributed by atoms with Crippen molar-refractivity contribution in [2.45, 2.75) is 6.54 Å². The molecule has 0 saturated heterocycles. The number of pyridine rings is 1. The number of aromatic nitrogens is 1. The van der Waals surface area contributed by atoms with E-state index in [1.165, 1.54) is 0 Å². The van der Waals surface area contributed by atoms with Gasteiger partial charge in [0.25, 0.3) is 0 Å². The maximum atomic E-state index is 5.28. The van der Waals surface area contributed by atoms with Gasteiger partial charge in [-0.15, -0.1) is 0 Å². The molecular formula is C16H21N3O2. The van der Waals surface area contributed by atoms with Gasteiger partial charge in [-0.3, -0.25) is 0 Å². The van der Waals surface area contributed by atoms with Gasteiger partial charge >= 0.3 is 0 Å². The SMILES string of the molecule is COc1cc(CNc2cccnc2N(C)C)cc(OC)c1. The van der Waals surface area contributed by atoms with Crippen LogP contribution in [0.1, 0.15) is 5.56 Å². The number of hydrogen-bond donors (Lipinski definition) is 1. The van der Waals surface area contributed by atoms with Gasteiger partial charge in [0.05, 0.1) is 19.9 Å². The summed E-state index contributed by atoms with van der Waals surface area (Å²) in [5.41, 5.74) is 2.07. The molecule has 0 aliphatic rings. The summed E-state index contributed by atoms with van der Waals surface area (Å²) in [7, 11) is 7.25. The smallest absolute Gasteiger partial charge is 0.151 e. The largest absolute Gasteiger partial charge is 0.497 e. The molecule has 0 bridgehead atoms. The van der Waals surface area contributed by atoms with E-state index >= 15 is 0 Å². The number of ether oxygens (including phenoxy) is 2. The Morgan fingerprint density at radius 2 is 1.76 bits per heavy atom. The molecule has 0 amide bonds. The Morgan fingerprint density at radius 3 is 2.33 bits per heavy atom. The third-order valence-corrected chi connectivity index (χ3v) is 3.10. The van der Waals surface area contributed by atoms with E-state index in [-0.39, 0.29) is 0 Å². The van der Waals surface area contributed by atoms with Gasteiger partial charge in [0, 0.05) is 32.9 Å². The molecule has 0 aliphatic heterocycles. The molecule has 1 N–H and O–H groups in total. The molecule has 0 radical (unpaired) electrons. The molecular weight excluding hydrogens is 266 g/mol. The Bertz CT molecular complexity index is 578. The van der Waals surface area contributed by atoms with Crippen LogP contribution < -0.4 is 19.7 Å². The minimum atomic E-state index is 0.667. The lowest BCUT2D eigenvalue weighted by molar-refractivity contribution is 0.393. The molecule has 0 atom stereocenters. The lowest BCUT2D eigenvalue weighted by atomic mass is 10.2. The number of nitrogens with one attached hydrogen (secondary N) is 1. The summed E-state index contributed by atoms with van der Waals surface area (Å²) < 4.78 is 10.6. The first-order chi connectivity index (χ1) is 10.1. The average Bonchev–Trinajstić information content (AvgIpc) is 2.52. The van der Waals surface area contributed by atoms with Crippen LogP contribution in [0.15, 0.2) is 36.5 Å². The number of hydrogen-bond acceptors (Lipinski definition) is 5. The van der Waals surface area contributed by atoms with Crippen molar-refractivity contribution in [1.29, 1.82) is 0 Å². The zero-order chi connectivity index (χ0) is 15.2. The summed E-state index contributed by atoms with van der Waals surface area (Å²) in [6, 6.07) is 9.77. The monoisotopic (exact) mass is 287 g/mol. The topological polar surface area (TPSA) is 46.6 Å². The first-order valence-electron chi connectivity index (χ1n) is 6.72. The van der Waals surface area contributed by atoms with Gasteiger partial charge in [-0.2, -0.15) is 0 Å². The standard InChI is InChI=1S/C16H21N3O2/c1-19(2)16-15(6-5-7-17-16)18-11-12-8-13(20-3)10-14(9-12)21-4/h5-10,18H,11H2,1-4H3. The van der Waals surface area contributed by atoms with Crippen molar-refractivity contribution in [3.63, 3.8) is 0 Å². The van der Waals surface area contributed by atoms with Gasteiger partial charge in [0.15, 0.2) is 5.82 Å². The summed E-state index contributed by atoms with van der Waals surface area (Å²) in [4.78, 5) is 6.35. The van der Waals surface area contributed by atoms with E-state index in [1.807, 2.05) is 49.3 Å². The van der Waals surface area contributed by atoms with Crippen LogP contribution in [-0.4, -0.2) is 33.3 Å². The van der Waals surface area contributed by atoms with Crippen LogP contribution >= 0.6 is 0 Å². The first-order valence-corrected chi connectivity index (χ1v) is 6.72. The second-order valence-corrected chi connectivity index (χ2v) is 4.84. The molecule has 0 fully saturated rings. The molecule has 5 heteroatoms.